The molecule has 0 saturated carbocycles. The van der Waals surface area contributed by atoms with Crippen molar-refractivity contribution in [3.8, 4) is 0 Å². The van der Waals surface area contributed by atoms with E-state index in [1.54, 1.807) is 42.5 Å². The van der Waals surface area contributed by atoms with Crippen molar-refractivity contribution >= 4 is 23.8 Å². The molecule has 1 aromatic heterocycles. The van der Waals surface area contributed by atoms with Crippen molar-refractivity contribution in [2.75, 3.05) is 0 Å². The van der Waals surface area contributed by atoms with Crippen LogP contribution >= 0.6 is 0 Å². The summed E-state index contributed by atoms with van der Waals surface area (Å²) in [6.45, 7) is 0.551. The lowest BCUT2D eigenvalue weighted by atomic mass is 10.1. The zero-order chi connectivity index (χ0) is 19.2. The molecule has 0 aliphatic rings. The summed E-state index contributed by atoms with van der Waals surface area (Å²) < 4.78 is 1.93. The molecule has 0 fully saturated rings. The Labute approximate surface area is 168 Å². The number of nitrogens with zero attached hydrogens (tertiary/aromatic N) is 2. The van der Waals surface area contributed by atoms with Crippen LogP contribution in [0.4, 0.5) is 5.69 Å². The maximum absolute atomic E-state index is 11.0. The highest BCUT2D eigenvalue weighted by Crippen LogP contribution is 2.20. The smallest absolute Gasteiger partial charge is 0.335 e. The van der Waals surface area contributed by atoms with E-state index in [0.717, 1.165) is 11.1 Å². The van der Waals surface area contributed by atoms with Crippen molar-refractivity contribution < 1.29 is 31.8 Å². The first-order chi connectivity index (χ1) is 13.0. The third-order valence-electron chi connectivity index (χ3n) is 4.04. The molecule has 0 atom stereocenters. The van der Waals surface area contributed by atoms with E-state index >= 15 is 0 Å². The molecule has 2 aromatic carbocycles. The van der Waals surface area contributed by atoms with Gasteiger partial charge >= 0.3 is 5.97 Å². The third-order valence-corrected chi connectivity index (χ3v) is 4.04. The van der Waals surface area contributed by atoms with E-state index < -0.39 is 10.9 Å². The second kappa shape index (κ2) is 9.43. The van der Waals surface area contributed by atoms with E-state index in [4.69, 9.17) is 5.11 Å². The van der Waals surface area contributed by atoms with Crippen LogP contribution < -0.4 is 17.0 Å². The lowest BCUT2D eigenvalue weighted by molar-refractivity contribution is -0.688. The Morgan fingerprint density at radius 2 is 1.75 bits per heavy atom. The molecule has 0 unspecified atom stereocenters. The minimum atomic E-state index is -0.947. The highest BCUT2D eigenvalue weighted by molar-refractivity contribution is 5.87. The number of aromatic carboxylic acids is 1. The van der Waals surface area contributed by atoms with E-state index in [1.807, 2.05) is 41.2 Å². The van der Waals surface area contributed by atoms with Crippen molar-refractivity contribution in [2.45, 2.75) is 6.54 Å². The van der Waals surface area contributed by atoms with Crippen LogP contribution in [0.1, 0.15) is 27.0 Å². The summed E-state index contributed by atoms with van der Waals surface area (Å²) in [6, 6.07) is 17.2. The van der Waals surface area contributed by atoms with Gasteiger partial charge in [0.25, 0.3) is 5.69 Å². The summed E-state index contributed by atoms with van der Waals surface area (Å²) >= 11 is 0. The molecule has 142 valence electrons. The normalized spacial score (nSPS) is 10.4. The third kappa shape index (κ3) is 5.25. The Balaban J connectivity index is 0.00000280. The van der Waals surface area contributed by atoms with E-state index in [2.05, 4.69) is 0 Å². The summed E-state index contributed by atoms with van der Waals surface area (Å²) in [5, 5.41) is 20.1. The Hall–Kier alpha value is -3.51. The molecule has 0 radical (unpaired) electrons. The average molecular weight is 397 g/mol. The Morgan fingerprint density at radius 1 is 1.04 bits per heavy atom. The van der Waals surface area contributed by atoms with Gasteiger partial charge in [0.05, 0.1) is 16.1 Å². The fraction of sp³-hybridized carbons (Fsp3) is 0.0476. The number of carboxylic acids is 1. The predicted octanol–water partition coefficient (Wildman–Crippen LogP) is 0.803. The van der Waals surface area contributed by atoms with Crippen LogP contribution in [-0.4, -0.2) is 16.0 Å². The zero-order valence-electron chi connectivity index (χ0n) is 14.7. The van der Waals surface area contributed by atoms with Gasteiger partial charge in [-0.05, 0) is 29.8 Å². The average Bonchev–Trinajstić information content (AvgIpc) is 2.68. The molecule has 0 bridgehead atoms. The number of aromatic nitrogens is 1. The summed E-state index contributed by atoms with van der Waals surface area (Å²) in [6.07, 6.45) is 7.30. The van der Waals surface area contributed by atoms with E-state index in [0.29, 0.717) is 12.1 Å². The molecule has 0 aliphatic carbocycles. The van der Waals surface area contributed by atoms with Gasteiger partial charge in [0.15, 0.2) is 18.9 Å². The van der Waals surface area contributed by atoms with Crippen LogP contribution in [0.25, 0.3) is 12.2 Å². The molecule has 0 saturated heterocycles. The number of nitro groups is 1. The highest BCUT2D eigenvalue weighted by Gasteiger charge is 2.10. The van der Waals surface area contributed by atoms with Gasteiger partial charge in [-0.1, -0.05) is 30.3 Å². The number of benzene rings is 2. The molecule has 6 nitrogen and oxygen atoms in total. The van der Waals surface area contributed by atoms with E-state index in [9.17, 15) is 14.9 Å². The fourth-order valence-corrected chi connectivity index (χ4v) is 2.68. The first kappa shape index (κ1) is 20.8. The predicted molar refractivity (Wildman–Crippen MR) is 101 cm³/mol. The van der Waals surface area contributed by atoms with Gasteiger partial charge < -0.3 is 17.5 Å². The highest BCUT2D eigenvalue weighted by atomic mass is 35.5. The Morgan fingerprint density at radius 3 is 2.43 bits per heavy atom. The van der Waals surface area contributed by atoms with Crippen LogP contribution in [0.15, 0.2) is 73.1 Å². The minimum absolute atomic E-state index is 0. The van der Waals surface area contributed by atoms with Crippen molar-refractivity contribution in [1.82, 2.24) is 0 Å². The maximum Gasteiger partial charge on any atom is 0.335 e. The van der Waals surface area contributed by atoms with Crippen molar-refractivity contribution in [1.29, 1.82) is 0 Å². The van der Waals surface area contributed by atoms with Crippen LogP contribution in [0.3, 0.4) is 0 Å². The standard InChI is InChI=1S/C21H16N2O4.ClH/c24-21(25)19-6-3-4-17(14-19)15-22-12-10-16(11-13-22)8-9-18-5-1-2-7-20(18)23(26)27;/h1-14H,15H2;1H/b9-8-;. The molecule has 0 spiro atoms. The summed E-state index contributed by atoms with van der Waals surface area (Å²) in [5.74, 6) is -0.947. The lowest BCUT2D eigenvalue weighted by Crippen LogP contribution is -3.00. The number of pyridine rings is 1. The molecule has 3 rings (SSSR count). The largest absolute Gasteiger partial charge is 1.00 e. The molecule has 0 aliphatic heterocycles. The van der Waals surface area contributed by atoms with Crippen molar-refractivity contribution in [3.05, 3.63) is 105 Å². The fourth-order valence-electron chi connectivity index (χ4n) is 2.68. The van der Waals surface area contributed by atoms with Gasteiger partial charge in [0.2, 0.25) is 0 Å². The zero-order valence-corrected chi connectivity index (χ0v) is 15.5. The van der Waals surface area contributed by atoms with Crippen LogP contribution in [0.5, 0.6) is 0 Å². The van der Waals surface area contributed by atoms with E-state index in [1.165, 1.54) is 6.07 Å². The van der Waals surface area contributed by atoms with Crippen molar-refractivity contribution in [3.63, 3.8) is 0 Å². The second-order valence-electron chi connectivity index (χ2n) is 5.96. The summed E-state index contributed by atoms with van der Waals surface area (Å²) in [5.41, 5.74) is 2.67. The molecule has 3 aromatic rings. The number of nitro benzene ring substituents is 1. The first-order valence-electron chi connectivity index (χ1n) is 8.26. The minimum Gasteiger partial charge on any atom is -1.00 e. The number of halogens is 1. The Kier molecular flexibility index (Phi) is 7.01. The van der Waals surface area contributed by atoms with Crippen LogP contribution in [0.2, 0.25) is 0 Å². The molecule has 7 heteroatoms. The molecule has 1 heterocycles. The van der Waals surface area contributed by atoms with Crippen LogP contribution in [-0.2, 0) is 6.54 Å². The van der Waals surface area contributed by atoms with Gasteiger partial charge in [-0.25, -0.2) is 9.36 Å². The van der Waals surface area contributed by atoms with Gasteiger partial charge in [0, 0.05) is 23.8 Å². The summed E-state index contributed by atoms with van der Waals surface area (Å²) in [4.78, 5) is 21.7. The molecular weight excluding hydrogens is 380 g/mol. The van der Waals surface area contributed by atoms with Gasteiger partial charge in [0.1, 0.15) is 0 Å². The number of carboxylic acid groups (broad SMARTS) is 1. The van der Waals surface area contributed by atoms with Gasteiger partial charge in [-0.3, -0.25) is 10.1 Å². The molecule has 0 amide bonds. The second-order valence-corrected chi connectivity index (χ2v) is 5.96. The summed E-state index contributed by atoms with van der Waals surface area (Å²) in [7, 11) is 0. The van der Waals surface area contributed by atoms with Gasteiger partial charge in [-0.2, -0.15) is 0 Å². The number of hydrogen-bond donors (Lipinski definition) is 1. The van der Waals surface area contributed by atoms with Gasteiger partial charge in [-0.15, -0.1) is 0 Å². The lowest BCUT2D eigenvalue weighted by Gasteiger charge is -2.00. The molecule has 28 heavy (non-hydrogen) atoms. The monoisotopic (exact) mass is 396 g/mol. The molecule has 1 N–H and O–H groups in total. The van der Waals surface area contributed by atoms with E-state index in [-0.39, 0.29) is 23.7 Å². The number of carbonyl (C=O) groups is 1. The number of hydrogen-bond acceptors (Lipinski definition) is 3. The number of rotatable bonds is 6. The van der Waals surface area contributed by atoms with Crippen LogP contribution in [0, 0.1) is 10.1 Å². The maximum atomic E-state index is 11.0. The SMILES string of the molecule is O=C(O)c1cccc(C[n+]2ccc(/C=C\c3ccccc3[N+](=O)[O-])cc2)c1.[Cl-]. The van der Waals surface area contributed by atoms with Crippen molar-refractivity contribution in [2.24, 2.45) is 0 Å². The quantitative estimate of drug-likeness (QED) is 0.379. The topological polar surface area (TPSA) is 84.3 Å². The first-order valence-corrected chi connectivity index (χ1v) is 8.26. The number of para-hydroxylation sites is 1. The molecular formula is C21H17ClN2O4. The Bertz CT molecular complexity index is 1020.